The van der Waals surface area contributed by atoms with E-state index >= 15 is 0 Å². The lowest BCUT2D eigenvalue weighted by Crippen LogP contribution is -2.48. The topological polar surface area (TPSA) is 44.9 Å². The zero-order valence-corrected chi connectivity index (χ0v) is 8.95. The minimum Gasteiger partial charge on any atom is -0.358 e. The average Bonchev–Trinajstić information content (AvgIpc) is 2.21. The van der Waals surface area contributed by atoms with Crippen LogP contribution in [-0.2, 0) is 0 Å². The zero-order chi connectivity index (χ0) is 9.97. The molecule has 2 rings (SSSR count). The molecule has 0 aromatic heterocycles. The van der Waals surface area contributed by atoms with Gasteiger partial charge in [-0.3, -0.25) is 4.99 Å². The first-order valence-corrected chi connectivity index (χ1v) is 5.48. The van der Waals surface area contributed by atoms with Gasteiger partial charge in [0.15, 0.2) is 0 Å². The van der Waals surface area contributed by atoms with Crippen LogP contribution in [0.4, 0.5) is 0 Å². The highest BCUT2D eigenvalue weighted by Crippen LogP contribution is 2.11. The van der Waals surface area contributed by atoms with Gasteiger partial charge in [-0.2, -0.15) is 0 Å². The number of piperazine rings is 1. The highest BCUT2D eigenvalue weighted by Gasteiger charge is 2.20. The number of rotatable bonds is 0. The first-order valence-electron chi connectivity index (χ1n) is 5.48. The summed E-state index contributed by atoms with van der Waals surface area (Å²) in [6.07, 6.45) is 2.18. The Morgan fingerprint density at radius 2 is 2.00 bits per heavy atom. The molecule has 2 aliphatic rings. The van der Waals surface area contributed by atoms with Gasteiger partial charge in [0, 0.05) is 38.6 Å². The van der Waals surface area contributed by atoms with Crippen molar-refractivity contribution >= 4 is 5.84 Å². The Balaban J connectivity index is 1.89. The number of nitrogens with two attached hydrogens (primary N) is 1. The molecule has 2 heterocycles. The van der Waals surface area contributed by atoms with Crippen LogP contribution in [0, 0.1) is 0 Å². The second kappa shape index (κ2) is 4.28. The molecule has 0 radical (unpaired) electrons. The third-order valence-electron chi connectivity index (χ3n) is 3.12. The summed E-state index contributed by atoms with van der Waals surface area (Å²) in [5.41, 5.74) is 5.81. The van der Waals surface area contributed by atoms with E-state index in [-0.39, 0.29) is 0 Å². The lowest BCUT2D eigenvalue weighted by Gasteiger charge is -2.36. The van der Waals surface area contributed by atoms with E-state index < -0.39 is 0 Å². The minimum atomic E-state index is 0.297. The average molecular weight is 196 g/mol. The highest BCUT2D eigenvalue weighted by atomic mass is 15.3. The molecule has 14 heavy (non-hydrogen) atoms. The van der Waals surface area contributed by atoms with E-state index in [2.05, 4.69) is 21.8 Å². The van der Waals surface area contributed by atoms with Gasteiger partial charge in [-0.15, -0.1) is 0 Å². The van der Waals surface area contributed by atoms with Gasteiger partial charge in [0.2, 0.25) is 0 Å². The van der Waals surface area contributed by atoms with Crippen molar-refractivity contribution in [1.29, 1.82) is 0 Å². The zero-order valence-electron chi connectivity index (χ0n) is 8.95. The van der Waals surface area contributed by atoms with E-state index in [0.29, 0.717) is 6.04 Å². The number of hydrogen-bond acceptors (Lipinski definition) is 4. The summed E-state index contributed by atoms with van der Waals surface area (Å²) in [5.74, 6) is 1.29. The maximum atomic E-state index is 5.81. The van der Waals surface area contributed by atoms with Crippen molar-refractivity contribution in [2.24, 2.45) is 10.7 Å². The molecule has 1 atom stereocenters. The third-order valence-corrected chi connectivity index (χ3v) is 3.12. The van der Waals surface area contributed by atoms with E-state index in [1.54, 1.807) is 0 Å². The first-order chi connectivity index (χ1) is 6.75. The molecule has 0 bridgehead atoms. The van der Waals surface area contributed by atoms with E-state index in [9.17, 15) is 0 Å². The first kappa shape index (κ1) is 9.93. The van der Waals surface area contributed by atoms with Gasteiger partial charge in [0.1, 0.15) is 0 Å². The molecule has 0 aromatic rings. The second-order valence-corrected chi connectivity index (χ2v) is 4.35. The largest absolute Gasteiger partial charge is 0.358 e. The van der Waals surface area contributed by atoms with Crippen LogP contribution >= 0.6 is 0 Å². The standard InChI is InChI=1S/C10H20N4/c1-13-4-6-14(7-5-13)10-3-2-9(11)8-12-10/h9H,2-8,11H2,1H3. The van der Waals surface area contributed by atoms with E-state index in [0.717, 1.165) is 45.6 Å². The summed E-state index contributed by atoms with van der Waals surface area (Å²) < 4.78 is 0. The summed E-state index contributed by atoms with van der Waals surface area (Å²) in [6.45, 7) is 5.40. The summed E-state index contributed by atoms with van der Waals surface area (Å²) in [5, 5.41) is 0. The van der Waals surface area contributed by atoms with Crippen LogP contribution in [0.25, 0.3) is 0 Å². The maximum Gasteiger partial charge on any atom is 0.0991 e. The molecule has 0 aromatic carbocycles. The maximum absolute atomic E-state index is 5.81. The van der Waals surface area contributed by atoms with Crippen LogP contribution in [0.1, 0.15) is 12.8 Å². The van der Waals surface area contributed by atoms with E-state index in [4.69, 9.17) is 5.73 Å². The quantitative estimate of drug-likeness (QED) is 0.581. The van der Waals surface area contributed by atoms with Crippen LogP contribution < -0.4 is 5.73 Å². The van der Waals surface area contributed by atoms with Gasteiger partial charge in [0.25, 0.3) is 0 Å². The van der Waals surface area contributed by atoms with Crippen molar-refractivity contribution < 1.29 is 0 Å². The summed E-state index contributed by atoms with van der Waals surface area (Å²) >= 11 is 0. The fourth-order valence-corrected chi connectivity index (χ4v) is 2.03. The van der Waals surface area contributed by atoms with Crippen LogP contribution in [-0.4, -0.2) is 61.4 Å². The van der Waals surface area contributed by atoms with Crippen LogP contribution in [0.15, 0.2) is 4.99 Å². The minimum absolute atomic E-state index is 0.297. The molecule has 0 spiro atoms. The SMILES string of the molecule is CN1CCN(C2=NCC(N)CC2)CC1. The van der Waals surface area contributed by atoms with E-state index in [1.807, 2.05) is 0 Å². The van der Waals surface area contributed by atoms with Crippen molar-refractivity contribution in [3.63, 3.8) is 0 Å². The summed E-state index contributed by atoms with van der Waals surface area (Å²) in [7, 11) is 2.18. The molecule has 1 saturated heterocycles. The van der Waals surface area contributed by atoms with Gasteiger partial charge in [-0.1, -0.05) is 0 Å². The number of nitrogens with zero attached hydrogens (tertiary/aromatic N) is 3. The molecule has 2 N–H and O–H groups in total. The molecular formula is C10H20N4. The highest BCUT2D eigenvalue weighted by molar-refractivity contribution is 5.83. The normalized spacial score (nSPS) is 30.3. The Morgan fingerprint density at radius 1 is 1.29 bits per heavy atom. The fraction of sp³-hybridized carbons (Fsp3) is 0.900. The van der Waals surface area contributed by atoms with Crippen LogP contribution in [0.2, 0.25) is 0 Å². The molecule has 0 saturated carbocycles. The number of hydrogen-bond donors (Lipinski definition) is 1. The van der Waals surface area contributed by atoms with Gasteiger partial charge < -0.3 is 15.5 Å². The molecule has 0 aliphatic carbocycles. The molecular weight excluding hydrogens is 176 g/mol. The predicted octanol–water partition coefficient (Wildman–Crippen LogP) is -0.247. The number of likely N-dealkylation sites (N-methyl/N-ethyl adjacent to an activating group) is 1. The molecule has 4 heteroatoms. The molecule has 4 nitrogen and oxygen atoms in total. The van der Waals surface area contributed by atoms with E-state index in [1.165, 1.54) is 5.84 Å². The Kier molecular flexibility index (Phi) is 3.03. The molecule has 1 unspecified atom stereocenters. The Labute approximate surface area is 85.8 Å². The lowest BCUT2D eigenvalue weighted by atomic mass is 10.1. The lowest BCUT2D eigenvalue weighted by molar-refractivity contribution is 0.211. The Bertz CT molecular complexity index is 218. The van der Waals surface area contributed by atoms with Crippen molar-refractivity contribution in [2.45, 2.75) is 18.9 Å². The van der Waals surface area contributed by atoms with Gasteiger partial charge in [-0.25, -0.2) is 0 Å². The summed E-state index contributed by atoms with van der Waals surface area (Å²) in [4.78, 5) is 9.35. The molecule has 2 aliphatic heterocycles. The molecule has 80 valence electrons. The second-order valence-electron chi connectivity index (χ2n) is 4.35. The van der Waals surface area contributed by atoms with Gasteiger partial charge in [-0.05, 0) is 13.5 Å². The summed E-state index contributed by atoms with van der Waals surface area (Å²) in [6, 6.07) is 0.297. The third kappa shape index (κ3) is 2.25. The van der Waals surface area contributed by atoms with Gasteiger partial charge >= 0.3 is 0 Å². The predicted molar refractivity (Wildman–Crippen MR) is 58.6 cm³/mol. The Hall–Kier alpha value is -0.610. The number of aliphatic imine (C=N–C) groups is 1. The van der Waals surface area contributed by atoms with Crippen molar-refractivity contribution in [3.05, 3.63) is 0 Å². The van der Waals surface area contributed by atoms with Crippen molar-refractivity contribution in [3.8, 4) is 0 Å². The monoisotopic (exact) mass is 196 g/mol. The van der Waals surface area contributed by atoms with Crippen molar-refractivity contribution in [2.75, 3.05) is 39.8 Å². The van der Waals surface area contributed by atoms with Gasteiger partial charge in [0.05, 0.1) is 12.4 Å². The van der Waals surface area contributed by atoms with Crippen LogP contribution in [0.3, 0.4) is 0 Å². The van der Waals surface area contributed by atoms with Crippen LogP contribution in [0.5, 0.6) is 0 Å². The Morgan fingerprint density at radius 3 is 2.57 bits per heavy atom. The fourth-order valence-electron chi connectivity index (χ4n) is 2.03. The van der Waals surface area contributed by atoms with Crippen molar-refractivity contribution in [1.82, 2.24) is 9.80 Å². The number of amidine groups is 1. The molecule has 0 amide bonds. The smallest absolute Gasteiger partial charge is 0.0991 e. The molecule has 1 fully saturated rings.